The van der Waals surface area contributed by atoms with E-state index in [0.717, 1.165) is 10.4 Å². The zero-order valence-corrected chi connectivity index (χ0v) is 17.7. The van der Waals surface area contributed by atoms with Crippen LogP contribution in [0.2, 0.25) is 0 Å². The highest BCUT2D eigenvalue weighted by atomic mass is 32.1. The van der Waals surface area contributed by atoms with Gasteiger partial charge < -0.3 is 14.2 Å². The summed E-state index contributed by atoms with van der Waals surface area (Å²) in [5.74, 6) is 0.848. The van der Waals surface area contributed by atoms with Crippen LogP contribution >= 0.6 is 22.7 Å². The highest BCUT2D eigenvalue weighted by Crippen LogP contribution is 2.34. The molecule has 0 saturated heterocycles. The molecule has 2 aliphatic heterocycles. The van der Waals surface area contributed by atoms with Crippen molar-refractivity contribution in [3.05, 3.63) is 77.1 Å². The SMILES string of the molecule is COC(=O)C1=C(C)N=c2s/c(=C\c3ccc4c(c3)OCO4)c(=O)n2[C@@H]1c1cccs1. The van der Waals surface area contributed by atoms with Gasteiger partial charge in [-0.15, -0.1) is 11.3 Å². The van der Waals surface area contributed by atoms with Gasteiger partial charge in [0.05, 0.1) is 22.9 Å². The van der Waals surface area contributed by atoms with Crippen molar-refractivity contribution in [2.45, 2.75) is 13.0 Å². The molecule has 0 fully saturated rings. The first-order valence-electron chi connectivity index (χ1n) is 9.10. The molecule has 2 aromatic heterocycles. The number of benzene rings is 1. The second-order valence-corrected chi connectivity index (χ2v) is 8.69. The van der Waals surface area contributed by atoms with Crippen LogP contribution in [0.3, 0.4) is 0 Å². The van der Waals surface area contributed by atoms with Gasteiger partial charge >= 0.3 is 5.97 Å². The monoisotopic (exact) mass is 440 g/mol. The van der Waals surface area contributed by atoms with Crippen LogP contribution < -0.4 is 24.4 Å². The standard InChI is InChI=1S/C21H16N2O5S2/c1-11-17(20(25)26-2)18(15-4-3-7-29-15)23-19(24)16(30-21(23)22-11)9-12-5-6-13-14(8-12)28-10-27-13/h3-9,18H,10H2,1-2H3/b16-9-/t18-/m1/s1. The van der Waals surface area contributed by atoms with Crippen molar-refractivity contribution >= 4 is 34.7 Å². The van der Waals surface area contributed by atoms with E-state index in [2.05, 4.69) is 4.99 Å². The van der Waals surface area contributed by atoms with Crippen molar-refractivity contribution in [2.75, 3.05) is 13.9 Å². The molecule has 7 nitrogen and oxygen atoms in total. The minimum Gasteiger partial charge on any atom is -0.466 e. The number of allylic oxidation sites excluding steroid dienone is 1. The number of esters is 1. The third kappa shape index (κ3) is 2.98. The Balaban J connectivity index is 1.70. The molecular formula is C21H16N2O5S2. The molecule has 2 aliphatic rings. The lowest BCUT2D eigenvalue weighted by Crippen LogP contribution is -2.39. The average molecular weight is 441 g/mol. The lowest BCUT2D eigenvalue weighted by atomic mass is 10.0. The molecule has 1 atom stereocenters. The lowest BCUT2D eigenvalue weighted by molar-refractivity contribution is -0.136. The minimum absolute atomic E-state index is 0.192. The molecule has 0 radical (unpaired) electrons. The number of fused-ring (bicyclic) bond motifs is 2. The maximum Gasteiger partial charge on any atom is 0.338 e. The summed E-state index contributed by atoms with van der Waals surface area (Å²) in [5, 5.41) is 1.92. The van der Waals surface area contributed by atoms with Crippen LogP contribution in [-0.2, 0) is 9.53 Å². The van der Waals surface area contributed by atoms with Gasteiger partial charge in [0.1, 0.15) is 6.04 Å². The predicted octanol–water partition coefficient (Wildman–Crippen LogP) is 2.20. The molecule has 9 heteroatoms. The molecule has 1 aromatic carbocycles. The fraction of sp³-hybridized carbons (Fsp3) is 0.190. The molecule has 0 unspecified atom stereocenters. The molecule has 4 heterocycles. The summed E-state index contributed by atoms with van der Waals surface area (Å²) in [6.45, 7) is 1.96. The Labute approximate surface area is 178 Å². The van der Waals surface area contributed by atoms with Gasteiger partial charge in [0.2, 0.25) is 6.79 Å². The Kier molecular flexibility index (Phi) is 4.56. The van der Waals surface area contributed by atoms with Crippen molar-refractivity contribution in [1.82, 2.24) is 4.57 Å². The summed E-state index contributed by atoms with van der Waals surface area (Å²) in [5.41, 5.74) is 1.54. The third-order valence-electron chi connectivity index (χ3n) is 4.93. The summed E-state index contributed by atoms with van der Waals surface area (Å²) in [7, 11) is 1.33. The van der Waals surface area contributed by atoms with Crippen LogP contribution in [0, 0.1) is 0 Å². The van der Waals surface area contributed by atoms with Crippen molar-refractivity contribution in [2.24, 2.45) is 4.99 Å². The number of carbonyl (C=O) groups is 1. The minimum atomic E-state index is -0.562. The summed E-state index contributed by atoms with van der Waals surface area (Å²) < 4.78 is 17.9. The molecule has 0 bridgehead atoms. The van der Waals surface area contributed by atoms with E-state index in [4.69, 9.17) is 14.2 Å². The van der Waals surface area contributed by atoms with E-state index in [9.17, 15) is 9.59 Å². The highest BCUT2D eigenvalue weighted by Gasteiger charge is 2.33. The molecule has 0 amide bonds. The van der Waals surface area contributed by atoms with Crippen LogP contribution in [0.5, 0.6) is 11.5 Å². The largest absolute Gasteiger partial charge is 0.466 e. The molecule has 3 aromatic rings. The Hall–Kier alpha value is -3.17. The molecular weight excluding hydrogens is 424 g/mol. The molecule has 0 N–H and O–H groups in total. The van der Waals surface area contributed by atoms with E-state index >= 15 is 0 Å². The van der Waals surface area contributed by atoms with Crippen molar-refractivity contribution in [3.8, 4) is 11.5 Å². The predicted molar refractivity (Wildman–Crippen MR) is 113 cm³/mol. The van der Waals surface area contributed by atoms with Crippen molar-refractivity contribution < 1.29 is 19.0 Å². The van der Waals surface area contributed by atoms with Crippen LogP contribution in [0.1, 0.15) is 23.4 Å². The Morgan fingerprint density at radius 1 is 1.30 bits per heavy atom. The Morgan fingerprint density at radius 3 is 2.90 bits per heavy atom. The second-order valence-electron chi connectivity index (χ2n) is 6.70. The summed E-state index contributed by atoms with van der Waals surface area (Å²) in [6, 6.07) is 8.76. The quantitative estimate of drug-likeness (QED) is 0.584. The number of thiophene rings is 1. The summed E-state index contributed by atoms with van der Waals surface area (Å²) >= 11 is 2.77. The van der Waals surface area contributed by atoms with Crippen LogP contribution in [0.4, 0.5) is 0 Å². The number of carbonyl (C=O) groups excluding carboxylic acids is 1. The number of ether oxygens (including phenoxy) is 3. The Bertz CT molecular complexity index is 1370. The second kappa shape index (κ2) is 7.26. The third-order valence-corrected chi connectivity index (χ3v) is 6.84. The van der Waals surface area contributed by atoms with Gasteiger partial charge in [-0.1, -0.05) is 23.5 Å². The van der Waals surface area contributed by atoms with Gasteiger partial charge in [0, 0.05) is 4.88 Å². The van der Waals surface area contributed by atoms with E-state index in [1.165, 1.54) is 29.8 Å². The first kappa shape index (κ1) is 18.8. The van der Waals surface area contributed by atoms with Crippen molar-refractivity contribution in [3.63, 3.8) is 0 Å². The molecule has 0 spiro atoms. The van der Waals surface area contributed by atoms with Gasteiger partial charge in [-0.05, 0) is 42.1 Å². The first-order chi connectivity index (χ1) is 14.6. The van der Waals surface area contributed by atoms with Crippen LogP contribution in [0.15, 0.2) is 56.8 Å². The number of aromatic nitrogens is 1. The van der Waals surface area contributed by atoms with E-state index in [1.807, 2.05) is 35.7 Å². The maximum absolute atomic E-state index is 13.4. The summed E-state index contributed by atoms with van der Waals surface area (Å²) in [4.78, 5) is 31.9. The maximum atomic E-state index is 13.4. The number of hydrogen-bond acceptors (Lipinski definition) is 8. The molecule has 0 saturated carbocycles. The zero-order valence-electron chi connectivity index (χ0n) is 16.1. The highest BCUT2D eigenvalue weighted by molar-refractivity contribution is 7.10. The fourth-order valence-electron chi connectivity index (χ4n) is 3.56. The van der Waals surface area contributed by atoms with Crippen LogP contribution in [-0.4, -0.2) is 24.4 Å². The van der Waals surface area contributed by atoms with Crippen LogP contribution in [0.25, 0.3) is 6.08 Å². The fourth-order valence-corrected chi connectivity index (χ4v) is 5.43. The smallest absolute Gasteiger partial charge is 0.338 e. The molecule has 0 aliphatic carbocycles. The number of thiazole rings is 1. The summed E-state index contributed by atoms with van der Waals surface area (Å²) in [6.07, 6.45) is 1.80. The van der Waals surface area contributed by atoms with Gasteiger partial charge in [-0.2, -0.15) is 0 Å². The number of hydrogen-bond donors (Lipinski definition) is 0. The average Bonchev–Trinajstić information content (AvgIpc) is 3.48. The Morgan fingerprint density at radius 2 is 2.13 bits per heavy atom. The topological polar surface area (TPSA) is 79.1 Å². The van der Waals surface area contributed by atoms with E-state index in [-0.39, 0.29) is 12.4 Å². The normalized spacial score (nSPS) is 17.7. The van der Waals surface area contributed by atoms with E-state index in [0.29, 0.717) is 32.1 Å². The number of rotatable bonds is 3. The van der Waals surface area contributed by atoms with Crippen molar-refractivity contribution in [1.29, 1.82) is 0 Å². The van der Waals surface area contributed by atoms with Gasteiger partial charge in [0.15, 0.2) is 16.3 Å². The van der Waals surface area contributed by atoms with E-state index < -0.39 is 12.0 Å². The molecule has 5 rings (SSSR count). The number of methoxy groups -OCH3 is 1. The lowest BCUT2D eigenvalue weighted by Gasteiger charge is -2.22. The van der Waals surface area contributed by atoms with E-state index in [1.54, 1.807) is 17.6 Å². The van der Waals surface area contributed by atoms with Gasteiger partial charge in [-0.3, -0.25) is 9.36 Å². The van der Waals surface area contributed by atoms with Gasteiger partial charge in [-0.25, -0.2) is 9.79 Å². The number of nitrogens with zero attached hydrogens (tertiary/aromatic N) is 2. The zero-order chi connectivity index (χ0) is 20.8. The first-order valence-corrected chi connectivity index (χ1v) is 10.8. The van der Waals surface area contributed by atoms with Gasteiger partial charge in [0.25, 0.3) is 5.56 Å². The molecule has 152 valence electrons. The molecule has 30 heavy (non-hydrogen) atoms.